The first-order valence-corrected chi connectivity index (χ1v) is 5.93. The van der Waals surface area contributed by atoms with Gasteiger partial charge >= 0.3 is 12.0 Å². The Labute approximate surface area is 116 Å². The van der Waals surface area contributed by atoms with Gasteiger partial charge < -0.3 is 20.4 Å². The van der Waals surface area contributed by atoms with Gasteiger partial charge in [-0.1, -0.05) is 0 Å². The predicted molar refractivity (Wildman–Crippen MR) is 64.1 cm³/mol. The van der Waals surface area contributed by atoms with Crippen LogP contribution in [0.25, 0.3) is 0 Å². The van der Waals surface area contributed by atoms with Crippen molar-refractivity contribution in [2.75, 3.05) is 11.9 Å². The highest BCUT2D eigenvalue weighted by atomic mass is 19.2. The molecular formula is C12H11F3N2O4. The molecule has 0 aliphatic carbocycles. The monoisotopic (exact) mass is 304 g/mol. The van der Waals surface area contributed by atoms with E-state index in [0.29, 0.717) is 6.07 Å². The standard InChI is InChI=1S/C12H11F3N2O4/c13-6-1-2-7(10(15)9(6)14)16-12(21)17-4-5(18)3-8(17)11(19)20/h1-2,5,8,18H,3-4H2,(H,16,21)(H,19,20)/t5-,8+/m1/s1. The van der Waals surface area contributed by atoms with Crippen molar-refractivity contribution in [2.24, 2.45) is 0 Å². The number of amides is 2. The second-order valence-electron chi connectivity index (χ2n) is 4.55. The summed E-state index contributed by atoms with van der Waals surface area (Å²) in [6, 6.07) is -0.854. The number of β-amino-alcohol motifs (C(OH)–C–C–N with tert-alkyl or cyclic N) is 1. The van der Waals surface area contributed by atoms with Gasteiger partial charge in [0.25, 0.3) is 0 Å². The second-order valence-corrected chi connectivity index (χ2v) is 4.55. The number of likely N-dealkylation sites (tertiary alicyclic amines) is 1. The Morgan fingerprint density at radius 3 is 2.52 bits per heavy atom. The Morgan fingerprint density at radius 2 is 1.90 bits per heavy atom. The number of hydrogen-bond acceptors (Lipinski definition) is 3. The summed E-state index contributed by atoms with van der Waals surface area (Å²) in [6.45, 7) is -0.256. The van der Waals surface area contributed by atoms with E-state index in [-0.39, 0.29) is 13.0 Å². The minimum Gasteiger partial charge on any atom is -0.480 e. The molecule has 1 saturated heterocycles. The largest absolute Gasteiger partial charge is 0.480 e. The maximum Gasteiger partial charge on any atom is 0.326 e. The zero-order valence-electron chi connectivity index (χ0n) is 10.5. The van der Waals surface area contributed by atoms with E-state index < -0.39 is 47.3 Å². The number of hydrogen-bond donors (Lipinski definition) is 3. The van der Waals surface area contributed by atoms with Crippen LogP contribution in [0.15, 0.2) is 12.1 Å². The number of halogens is 3. The van der Waals surface area contributed by atoms with Gasteiger partial charge in [-0.05, 0) is 12.1 Å². The normalized spacial score (nSPS) is 21.4. The summed E-state index contributed by atoms with van der Waals surface area (Å²) in [5, 5.41) is 20.3. The zero-order chi connectivity index (χ0) is 15.7. The number of aliphatic hydroxyl groups excluding tert-OH is 1. The summed E-state index contributed by atoms with van der Waals surface area (Å²) < 4.78 is 39.2. The van der Waals surface area contributed by atoms with Crippen molar-refractivity contribution in [2.45, 2.75) is 18.6 Å². The summed E-state index contributed by atoms with van der Waals surface area (Å²) >= 11 is 0. The van der Waals surface area contributed by atoms with E-state index in [2.05, 4.69) is 0 Å². The number of carbonyl (C=O) groups excluding carboxylic acids is 1. The number of urea groups is 1. The number of carbonyl (C=O) groups is 2. The Morgan fingerprint density at radius 1 is 1.24 bits per heavy atom. The lowest BCUT2D eigenvalue weighted by Crippen LogP contribution is -2.43. The number of anilines is 1. The Balaban J connectivity index is 2.18. The lowest BCUT2D eigenvalue weighted by molar-refractivity contribution is -0.141. The van der Waals surface area contributed by atoms with Crippen molar-refractivity contribution < 1.29 is 33.0 Å². The molecule has 3 N–H and O–H groups in total. The molecular weight excluding hydrogens is 293 g/mol. The van der Waals surface area contributed by atoms with E-state index >= 15 is 0 Å². The molecule has 2 amide bonds. The first kappa shape index (κ1) is 15.1. The Kier molecular flexibility index (Phi) is 4.03. The third kappa shape index (κ3) is 2.92. The number of aliphatic carboxylic acids is 1. The number of nitrogens with zero attached hydrogens (tertiary/aromatic N) is 1. The summed E-state index contributed by atoms with van der Waals surface area (Å²) in [5.41, 5.74) is -0.621. The molecule has 1 heterocycles. The van der Waals surface area contributed by atoms with Crippen molar-refractivity contribution in [1.82, 2.24) is 4.90 Å². The highest BCUT2D eigenvalue weighted by molar-refractivity contribution is 5.92. The van der Waals surface area contributed by atoms with E-state index in [1.165, 1.54) is 0 Å². The van der Waals surface area contributed by atoms with Gasteiger partial charge in [0, 0.05) is 13.0 Å². The van der Waals surface area contributed by atoms with Gasteiger partial charge in [0.2, 0.25) is 0 Å². The van der Waals surface area contributed by atoms with Crippen molar-refractivity contribution in [3.63, 3.8) is 0 Å². The SMILES string of the molecule is O=C(O)[C@@H]1C[C@@H](O)CN1C(=O)Nc1ccc(F)c(F)c1F. The van der Waals surface area contributed by atoms with Crippen LogP contribution in [-0.2, 0) is 4.79 Å². The Bertz CT molecular complexity index is 596. The molecule has 0 spiro atoms. The van der Waals surface area contributed by atoms with Crippen molar-refractivity contribution in [3.8, 4) is 0 Å². The van der Waals surface area contributed by atoms with Crippen molar-refractivity contribution in [3.05, 3.63) is 29.6 Å². The van der Waals surface area contributed by atoms with Gasteiger partial charge in [-0.25, -0.2) is 22.8 Å². The Hall–Kier alpha value is -2.29. The predicted octanol–water partition coefficient (Wildman–Crippen LogP) is 1.16. The lowest BCUT2D eigenvalue weighted by atomic mass is 10.2. The van der Waals surface area contributed by atoms with Gasteiger partial charge in [0.15, 0.2) is 17.5 Å². The number of benzene rings is 1. The second kappa shape index (κ2) is 5.60. The summed E-state index contributed by atoms with van der Waals surface area (Å²) in [6.07, 6.45) is -1.19. The maximum absolute atomic E-state index is 13.4. The van der Waals surface area contributed by atoms with E-state index in [0.717, 1.165) is 11.0 Å². The maximum atomic E-state index is 13.4. The third-order valence-corrected chi connectivity index (χ3v) is 3.10. The van der Waals surface area contributed by atoms with Crippen molar-refractivity contribution >= 4 is 17.7 Å². The number of nitrogens with one attached hydrogen (secondary N) is 1. The quantitative estimate of drug-likeness (QED) is 0.715. The first-order chi connectivity index (χ1) is 9.81. The molecule has 1 aromatic carbocycles. The molecule has 0 saturated carbocycles. The summed E-state index contributed by atoms with van der Waals surface area (Å²) in [7, 11) is 0. The number of carboxylic acids is 1. The molecule has 9 heteroatoms. The van der Waals surface area contributed by atoms with Crippen LogP contribution in [-0.4, -0.2) is 45.8 Å². The zero-order valence-corrected chi connectivity index (χ0v) is 10.5. The van der Waals surface area contributed by atoms with Gasteiger partial charge in [0.05, 0.1) is 11.8 Å². The number of carboxylic acid groups (broad SMARTS) is 1. The highest BCUT2D eigenvalue weighted by Crippen LogP contribution is 2.23. The van der Waals surface area contributed by atoms with Gasteiger partial charge in [0.1, 0.15) is 6.04 Å². The van der Waals surface area contributed by atoms with Crippen LogP contribution in [0.5, 0.6) is 0 Å². The van der Waals surface area contributed by atoms with Crippen LogP contribution in [0.3, 0.4) is 0 Å². The molecule has 2 rings (SSSR count). The molecule has 1 aliphatic rings. The number of aliphatic hydroxyl groups is 1. The molecule has 0 bridgehead atoms. The summed E-state index contributed by atoms with van der Waals surface area (Å²) in [4.78, 5) is 23.6. The van der Waals surface area contributed by atoms with E-state index in [4.69, 9.17) is 5.11 Å². The van der Waals surface area contributed by atoms with Crippen LogP contribution in [0, 0.1) is 17.5 Å². The minimum absolute atomic E-state index is 0.164. The van der Waals surface area contributed by atoms with Crippen LogP contribution in [0.1, 0.15) is 6.42 Å². The van der Waals surface area contributed by atoms with Crippen LogP contribution in [0.4, 0.5) is 23.7 Å². The number of rotatable bonds is 2. The first-order valence-electron chi connectivity index (χ1n) is 5.93. The molecule has 6 nitrogen and oxygen atoms in total. The lowest BCUT2D eigenvalue weighted by Gasteiger charge is -2.21. The van der Waals surface area contributed by atoms with Gasteiger partial charge in [-0.3, -0.25) is 0 Å². The van der Waals surface area contributed by atoms with Gasteiger partial charge in [-0.15, -0.1) is 0 Å². The fourth-order valence-corrected chi connectivity index (χ4v) is 2.08. The van der Waals surface area contributed by atoms with Crippen LogP contribution < -0.4 is 5.32 Å². The average molecular weight is 304 g/mol. The topological polar surface area (TPSA) is 89.9 Å². The molecule has 0 unspecified atom stereocenters. The molecule has 0 radical (unpaired) electrons. The minimum atomic E-state index is -1.75. The fourth-order valence-electron chi connectivity index (χ4n) is 2.08. The smallest absolute Gasteiger partial charge is 0.326 e. The average Bonchev–Trinajstić information content (AvgIpc) is 2.82. The molecule has 1 fully saturated rings. The van der Waals surface area contributed by atoms with Crippen LogP contribution >= 0.6 is 0 Å². The fraction of sp³-hybridized carbons (Fsp3) is 0.333. The van der Waals surface area contributed by atoms with E-state index in [9.17, 15) is 27.9 Å². The molecule has 0 aromatic heterocycles. The molecule has 1 aliphatic heterocycles. The molecule has 21 heavy (non-hydrogen) atoms. The highest BCUT2D eigenvalue weighted by Gasteiger charge is 2.39. The molecule has 1 aromatic rings. The molecule has 2 atom stereocenters. The third-order valence-electron chi connectivity index (χ3n) is 3.10. The van der Waals surface area contributed by atoms with E-state index in [1.54, 1.807) is 0 Å². The summed E-state index contributed by atoms with van der Waals surface area (Å²) in [5.74, 6) is -6.07. The van der Waals surface area contributed by atoms with E-state index in [1.807, 2.05) is 5.32 Å². The van der Waals surface area contributed by atoms with Crippen LogP contribution in [0.2, 0.25) is 0 Å². The van der Waals surface area contributed by atoms with Crippen molar-refractivity contribution in [1.29, 1.82) is 0 Å². The van der Waals surface area contributed by atoms with Gasteiger partial charge in [-0.2, -0.15) is 0 Å². The molecule has 114 valence electrons.